The third-order valence-electron chi connectivity index (χ3n) is 5.53. The fraction of sp³-hybridized carbons (Fsp3) is 0.571. The van der Waals surface area contributed by atoms with Crippen LogP contribution in [-0.4, -0.2) is 53.5 Å². The Balaban J connectivity index is 1.71. The Labute approximate surface area is 165 Å². The number of benzene rings is 1. The molecule has 7 heteroatoms. The van der Waals surface area contributed by atoms with Crippen LogP contribution in [0, 0.1) is 5.92 Å². The normalized spacial score (nSPS) is 22.4. The number of hydrogen-bond donors (Lipinski definition) is 1. The van der Waals surface area contributed by atoms with Crippen molar-refractivity contribution < 1.29 is 24.2 Å². The van der Waals surface area contributed by atoms with Gasteiger partial charge in [-0.15, -0.1) is 0 Å². The Kier molecular flexibility index (Phi) is 6.54. The minimum atomic E-state index is -0.840. The Morgan fingerprint density at radius 2 is 2.04 bits per heavy atom. The first kappa shape index (κ1) is 20.2. The zero-order chi connectivity index (χ0) is 20.1. The van der Waals surface area contributed by atoms with Crippen molar-refractivity contribution >= 4 is 23.5 Å². The van der Waals surface area contributed by atoms with Crippen LogP contribution < -0.4 is 9.64 Å². The van der Waals surface area contributed by atoms with Crippen LogP contribution in [0.3, 0.4) is 0 Å². The molecule has 0 aliphatic carbocycles. The third kappa shape index (κ3) is 4.46. The smallest absolute Gasteiger partial charge is 0.303 e. The lowest BCUT2D eigenvalue weighted by Gasteiger charge is -2.37. The molecule has 0 aromatic heterocycles. The molecular weight excluding hydrogens is 360 g/mol. The molecule has 2 aliphatic heterocycles. The van der Waals surface area contributed by atoms with Crippen molar-refractivity contribution in [1.82, 2.24) is 4.90 Å². The summed E-state index contributed by atoms with van der Waals surface area (Å²) in [6.07, 6.45) is 3.47. The summed E-state index contributed by atoms with van der Waals surface area (Å²) in [5.74, 6) is -0.700. The van der Waals surface area contributed by atoms with E-state index in [2.05, 4.69) is 0 Å². The Bertz CT molecular complexity index is 735. The molecule has 0 radical (unpaired) electrons. The van der Waals surface area contributed by atoms with Crippen molar-refractivity contribution in [1.29, 1.82) is 0 Å². The number of likely N-dealkylation sites (tertiary alicyclic amines) is 1. The van der Waals surface area contributed by atoms with Crippen molar-refractivity contribution in [2.24, 2.45) is 5.92 Å². The number of para-hydroxylation sites is 2. The van der Waals surface area contributed by atoms with Gasteiger partial charge in [0, 0.05) is 32.0 Å². The van der Waals surface area contributed by atoms with Crippen molar-refractivity contribution in [2.75, 3.05) is 24.6 Å². The van der Waals surface area contributed by atoms with E-state index < -0.39 is 11.9 Å². The fourth-order valence-electron chi connectivity index (χ4n) is 4.18. The van der Waals surface area contributed by atoms with Gasteiger partial charge in [0.2, 0.25) is 11.8 Å². The molecule has 2 saturated heterocycles. The monoisotopic (exact) mass is 388 g/mol. The Morgan fingerprint density at radius 1 is 1.25 bits per heavy atom. The van der Waals surface area contributed by atoms with E-state index in [0.717, 1.165) is 19.3 Å². The van der Waals surface area contributed by atoms with Crippen molar-refractivity contribution in [3.63, 3.8) is 0 Å². The van der Waals surface area contributed by atoms with Gasteiger partial charge in [-0.1, -0.05) is 12.1 Å². The van der Waals surface area contributed by atoms with Gasteiger partial charge in [-0.3, -0.25) is 14.4 Å². The average Bonchev–Trinajstić information content (AvgIpc) is 3.08. The quantitative estimate of drug-likeness (QED) is 0.776. The maximum absolute atomic E-state index is 13.2. The Hall–Kier alpha value is -2.57. The molecule has 2 amide bonds. The van der Waals surface area contributed by atoms with E-state index in [1.165, 1.54) is 0 Å². The predicted molar refractivity (Wildman–Crippen MR) is 104 cm³/mol. The van der Waals surface area contributed by atoms with E-state index >= 15 is 0 Å². The zero-order valence-corrected chi connectivity index (χ0v) is 16.3. The molecule has 2 fully saturated rings. The molecule has 2 aliphatic rings. The minimum Gasteiger partial charge on any atom is -0.492 e. The first-order valence-electron chi connectivity index (χ1n) is 10.1. The highest BCUT2D eigenvalue weighted by molar-refractivity contribution is 6.01. The molecule has 2 heterocycles. The number of rotatable bonds is 7. The lowest BCUT2D eigenvalue weighted by Crippen LogP contribution is -2.47. The second-order valence-corrected chi connectivity index (χ2v) is 7.42. The van der Waals surface area contributed by atoms with Crippen LogP contribution in [-0.2, 0) is 14.4 Å². The van der Waals surface area contributed by atoms with Gasteiger partial charge >= 0.3 is 5.97 Å². The largest absolute Gasteiger partial charge is 0.492 e. The number of piperidine rings is 1. The van der Waals surface area contributed by atoms with Crippen LogP contribution in [0.2, 0.25) is 0 Å². The van der Waals surface area contributed by atoms with Gasteiger partial charge in [0.25, 0.3) is 0 Å². The maximum atomic E-state index is 13.2. The summed E-state index contributed by atoms with van der Waals surface area (Å²) in [4.78, 5) is 40.2. The molecular formula is C21H28N2O5. The van der Waals surface area contributed by atoms with E-state index in [1.807, 2.05) is 36.1 Å². The number of carboxylic acids is 1. The molecule has 2 atom stereocenters. The van der Waals surface area contributed by atoms with Crippen LogP contribution in [0.5, 0.6) is 5.75 Å². The summed E-state index contributed by atoms with van der Waals surface area (Å²) < 4.78 is 5.64. The van der Waals surface area contributed by atoms with Gasteiger partial charge in [0.05, 0.1) is 18.2 Å². The van der Waals surface area contributed by atoms with E-state index in [1.54, 1.807) is 4.90 Å². The third-order valence-corrected chi connectivity index (χ3v) is 5.53. The number of carboxylic acid groups (broad SMARTS) is 1. The van der Waals surface area contributed by atoms with E-state index in [9.17, 15) is 14.4 Å². The van der Waals surface area contributed by atoms with Crippen LogP contribution in [0.15, 0.2) is 24.3 Å². The summed E-state index contributed by atoms with van der Waals surface area (Å²) in [6.45, 7) is 3.37. The minimum absolute atomic E-state index is 0.0279. The summed E-state index contributed by atoms with van der Waals surface area (Å²) in [5, 5.41) is 8.98. The lowest BCUT2D eigenvalue weighted by molar-refractivity contribution is -0.142. The van der Waals surface area contributed by atoms with Crippen LogP contribution in [0.1, 0.15) is 45.4 Å². The number of amides is 2. The lowest BCUT2D eigenvalue weighted by atomic mass is 9.95. The van der Waals surface area contributed by atoms with E-state index in [4.69, 9.17) is 9.84 Å². The SMILES string of the molecule is CCOc1ccccc1N1CC(C(=O)N2CCCCC2CCC(=O)O)CC1=O. The van der Waals surface area contributed by atoms with Crippen molar-refractivity contribution in [3.8, 4) is 5.75 Å². The summed E-state index contributed by atoms with van der Waals surface area (Å²) in [5.41, 5.74) is 0.700. The molecule has 7 nitrogen and oxygen atoms in total. The highest BCUT2D eigenvalue weighted by atomic mass is 16.5. The highest BCUT2D eigenvalue weighted by Gasteiger charge is 2.40. The fourth-order valence-corrected chi connectivity index (χ4v) is 4.18. The molecule has 0 spiro atoms. The predicted octanol–water partition coefficient (Wildman–Crippen LogP) is 2.68. The van der Waals surface area contributed by atoms with Gasteiger partial charge < -0.3 is 19.6 Å². The summed E-state index contributed by atoms with van der Waals surface area (Å²) in [7, 11) is 0. The van der Waals surface area contributed by atoms with Gasteiger partial charge in [0.15, 0.2) is 0 Å². The van der Waals surface area contributed by atoms with E-state index in [-0.39, 0.29) is 30.7 Å². The highest BCUT2D eigenvalue weighted by Crippen LogP contribution is 2.34. The number of nitrogens with zero attached hydrogens (tertiary/aromatic N) is 2. The number of carbonyl (C=O) groups excluding carboxylic acids is 2. The molecule has 0 saturated carbocycles. The summed E-state index contributed by atoms with van der Waals surface area (Å²) in [6, 6.07) is 7.34. The summed E-state index contributed by atoms with van der Waals surface area (Å²) >= 11 is 0. The second-order valence-electron chi connectivity index (χ2n) is 7.42. The second kappa shape index (κ2) is 9.08. The van der Waals surface area contributed by atoms with Crippen molar-refractivity contribution in [3.05, 3.63) is 24.3 Å². The first-order valence-corrected chi connectivity index (χ1v) is 10.1. The van der Waals surface area contributed by atoms with Gasteiger partial charge in [-0.25, -0.2) is 0 Å². The number of aliphatic carboxylic acids is 1. The molecule has 1 aromatic carbocycles. The molecule has 152 valence electrons. The first-order chi connectivity index (χ1) is 13.5. The zero-order valence-electron chi connectivity index (χ0n) is 16.3. The number of hydrogen-bond acceptors (Lipinski definition) is 4. The standard InChI is InChI=1S/C21H28N2O5/c1-2-28-18-9-4-3-8-17(18)23-14-15(13-19(23)24)21(27)22-12-6-5-7-16(22)10-11-20(25)26/h3-4,8-9,15-16H,2,5-7,10-14H2,1H3,(H,25,26). The van der Waals surface area contributed by atoms with E-state index in [0.29, 0.717) is 37.6 Å². The van der Waals surface area contributed by atoms with Gasteiger partial charge in [-0.05, 0) is 44.7 Å². The molecule has 28 heavy (non-hydrogen) atoms. The van der Waals surface area contributed by atoms with Crippen molar-refractivity contribution in [2.45, 2.75) is 51.5 Å². The van der Waals surface area contributed by atoms with Gasteiger partial charge in [-0.2, -0.15) is 0 Å². The van der Waals surface area contributed by atoms with Crippen LogP contribution in [0.25, 0.3) is 0 Å². The van der Waals surface area contributed by atoms with Crippen LogP contribution in [0.4, 0.5) is 5.69 Å². The average molecular weight is 388 g/mol. The molecule has 1 aromatic rings. The number of ether oxygens (including phenoxy) is 1. The van der Waals surface area contributed by atoms with Gasteiger partial charge in [0.1, 0.15) is 5.75 Å². The molecule has 2 unspecified atom stereocenters. The Morgan fingerprint density at radius 3 is 2.79 bits per heavy atom. The molecule has 1 N–H and O–H groups in total. The van der Waals surface area contributed by atoms with Crippen LogP contribution >= 0.6 is 0 Å². The number of anilines is 1. The topological polar surface area (TPSA) is 87.2 Å². The molecule has 3 rings (SSSR count). The number of carbonyl (C=O) groups is 3. The maximum Gasteiger partial charge on any atom is 0.303 e. The molecule has 0 bridgehead atoms.